The molecule has 0 saturated heterocycles. The van der Waals surface area contributed by atoms with E-state index in [1.807, 2.05) is 0 Å². The summed E-state index contributed by atoms with van der Waals surface area (Å²) < 4.78 is 35.5. The van der Waals surface area contributed by atoms with Gasteiger partial charge in [-0.15, -0.1) is 0 Å². The summed E-state index contributed by atoms with van der Waals surface area (Å²) in [4.78, 5) is 5.91. The second-order valence-corrected chi connectivity index (χ2v) is 21.4. The Labute approximate surface area is 370 Å². The van der Waals surface area contributed by atoms with Crippen molar-refractivity contribution in [3.05, 3.63) is 134 Å². The minimum absolute atomic E-state index is 0.0105. The molecular weight excluding hydrogens is 773 g/mol. The van der Waals surface area contributed by atoms with Gasteiger partial charge in [0.1, 0.15) is 0 Å². The molecule has 0 atom stereocenters. The van der Waals surface area contributed by atoms with Crippen LogP contribution in [0.3, 0.4) is 0 Å². The monoisotopic (exact) mass is 830 g/mol. The average molecular weight is 831 g/mol. The van der Waals surface area contributed by atoms with E-state index in [4.69, 9.17) is 4.98 Å². The molecule has 5 heteroatoms. The van der Waals surface area contributed by atoms with Crippen LogP contribution >= 0.6 is 0 Å². The zero-order valence-corrected chi connectivity index (χ0v) is 38.9. The number of halogens is 2. The molecule has 2 aromatic heterocycles. The average Bonchev–Trinajstić information content (AvgIpc) is 3.46. The van der Waals surface area contributed by atoms with Crippen molar-refractivity contribution < 1.29 is 8.63 Å². The molecule has 7 aromatic carbocycles. The van der Waals surface area contributed by atoms with Crippen molar-refractivity contribution in [2.75, 3.05) is 0 Å². The van der Waals surface area contributed by atoms with Gasteiger partial charge in [-0.1, -0.05) is 125 Å². The van der Waals surface area contributed by atoms with Gasteiger partial charge in [0.2, 0.25) is 0 Å². The molecule has 0 amide bonds. The van der Waals surface area contributed by atoms with Gasteiger partial charge in [0.05, 0.1) is 16.7 Å². The van der Waals surface area contributed by atoms with Crippen LogP contribution in [0, 0.1) is 34.6 Å². The molecule has 0 radical (unpaired) electrons. The van der Waals surface area contributed by atoms with E-state index in [2.05, 4.69) is 149 Å². The molecule has 0 spiro atoms. The number of aryl methyl sites for hydroxylation is 9. The van der Waals surface area contributed by atoms with Crippen molar-refractivity contribution in [1.29, 1.82) is 0 Å². The lowest BCUT2D eigenvalue weighted by molar-refractivity contribution is 0.589. The van der Waals surface area contributed by atoms with E-state index in [1.54, 1.807) is 0 Å². The second kappa shape index (κ2) is 13.7. The fourth-order valence-electron chi connectivity index (χ4n) is 12.1. The summed E-state index contributed by atoms with van der Waals surface area (Å²) in [7, 11) is -2.80. The molecule has 2 aliphatic carbocycles. The minimum atomic E-state index is -2.80. The second-order valence-electron chi connectivity index (χ2n) is 21.4. The first-order valence-corrected chi connectivity index (χ1v) is 23.2. The summed E-state index contributed by atoms with van der Waals surface area (Å²) in [6.45, 7) is 24.5. The standard InChI is InChI=1S/C58H57BF2N2/c1-30-22-33(4)47-43(24-30)45-26-32(3)27-46-44-25-31(2)23-34(5)48(44)51-42-17-13-15-36-29-38(58(9,10)11)19-21-40(36)55(42)63(59(60)61)56(51)52(49(45)46)54-50(47)41-16-12-14-35-28-37(57(6,7)8)18-20-39(35)53(41)62-54/h18-29H,12-17H2,1-11H3. The lowest BCUT2D eigenvalue weighted by Crippen LogP contribution is -2.15. The zero-order valence-electron chi connectivity index (χ0n) is 38.9. The molecule has 9 aromatic rings. The van der Waals surface area contributed by atoms with Crippen molar-refractivity contribution in [3.8, 4) is 22.5 Å². The van der Waals surface area contributed by atoms with Gasteiger partial charge < -0.3 is 4.48 Å². The van der Waals surface area contributed by atoms with Crippen molar-refractivity contribution in [2.45, 2.75) is 126 Å². The fourth-order valence-corrected chi connectivity index (χ4v) is 12.1. The Morgan fingerprint density at radius 1 is 0.508 bits per heavy atom. The van der Waals surface area contributed by atoms with Crippen LogP contribution in [0.25, 0.3) is 87.4 Å². The van der Waals surface area contributed by atoms with E-state index in [0.29, 0.717) is 17.6 Å². The number of fused-ring (bicyclic) bond motifs is 18. The van der Waals surface area contributed by atoms with Gasteiger partial charge in [-0.3, -0.25) is 8.63 Å². The normalized spacial score (nSPS) is 14.4. The number of hydrogen-bond donors (Lipinski definition) is 0. The largest absolute Gasteiger partial charge is 0.678 e. The lowest BCUT2D eigenvalue weighted by Gasteiger charge is -2.21. The molecule has 11 rings (SSSR count). The van der Waals surface area contributed by atoms with Crippen molar-refractivity contribution >= 4 is 72.3 Å². The van der Waals surface area contributed by atoms with Crippen LogP contribution in [-0.4, -0.2) is 16.9 Å². The molecule has 0 aliphatic heterocycles. The maximum atomic E-state index is 17.0. The smallest absolute Gasteiger partial charge is 0.324 e. The SMILES string of the molecule is Cc1cc(C)c2c(c1)c1cc(C)cc3c4cc(C)cc(C)c4c4c5c(n(B(F)F)c4c(c4nc6c(c42)CCCc2cc(C(C)(C)C)ccc2-6)c13)-c1ccc(C(C)(C)C)cc1CCC5. The summed E-state index contributed by atoms with van der Waals surface area (Å²) in [6, 6.07) is 27.5. The zero-order chi connectivity index (χ0) is 44.2. The van der Waals surface area contributed by atoms with Crippen LogP contribution < -0.4 is 0 Å². The van der Waals surface area contributed by atoms with Crippen LogP contribution in [-0.2, 0) is 36.5 Å². The lowest BCUT2D eigenvalue weighted by atomic mass is 9.84. The molecule has 2 aliphatic rings. The van der Waals surface area contributed by atoms with E-state index in [9.17, 15) is 0 Å². The van der Waals surface area contributed by atoms with E-state index < -0.39 is 7.40 Å². The Kier molecular flexibility index (Phi) is 8.77. The van der Waals surface area contributed by atoms with Crippen molar-refractivity contribution in [3.63, 3.8) is 0 Å². The van der Waals surface area contributed by atoms with Gasteiger partial charge in [-0.05, 0) is 166 Å². The maximum absolute atomic E-state index is 17.0. The van der Waals surface area contributed by atoms with Crippen LogP contribution in [0.1, 0.15) is 116 Å². The first-order chi connectivity index (χ1) is 29.9. The quantitative estimate of drug-likeness (QED) is 0.151. The summed E-state index contributed by atoms with van der Waals surface area (Å²) in [5, 5.41) is 10.7. The molecule has 2 nitrogen and oxygen atoms in total. The summed E-state index contributed by atoms with van der Waals surface area (Å²) >= 11 is 0. The van der Waals surface area contributed by atoms with Crippen LogP contribution in [0.2, 0.25) is 0 Å². The number of hydrogen-bond acceptors (Lipinski definition) is 1. The summed E-state index contributed by atoms with van der Waals surface area (Å²) in [5.41, 5.74) is 18.3. The highest BCUT2D eigenvalue weighted by atomic mass is 19.2. The Morgan fingerprint density at radius 2 is 0.984 bits per heavy atom. The molecule has 316 valence electrons. The highest BCUT2D eigenvalue weighted by Crippen LogP contribution is 2.52. The third-order valence-electron chi connectivity index (χ3n) is 14.8. The minimum Gasteiger partial charge on any atom is -0.324 e. The van der Waals surface area contributed by atoms with E-state index >= 15 is 8.63 Å². The third-order valence-corrected chi connectivity index (χ3v) is 14.8. The van der Waals surface area contributed by atoms with Gasteiger partial charge in [0, 0.05) is 38.4 Å². The first kappa shape index (κ1) is 40.2. The molecule has 0 unspecified atom stereocenters. The Morgan fingerprint density at radius 3 is 1.52 bits per heavy atom. The van der Waals surface area contributed by atoms with Gasteiger partial charge in [-0.2, -0.15) is 0 Å². The number of rotatable bonds is 1. The van der Waals surface area contributed by atoms with Crippen LogP contribution in [0.5, 0.6) is 0 Å². The molecule has 0 fully saturated rings. The number of aromatic nitrogens is 2. The Hall–Kier alpha value is -5.55. The van der Waals surface area contributed by atoms with Gasteiger partial charge in [0.15, 0.2) is 0 Å². The Balaban J connectivity index is 1.49. The van der Waals surface area contributed by atoms with Crippen molar-refractivity contribution in [2.24, 2.45) is 0 Å². The van der Waals surface area contributed by atoms with Crippen molar-refractivity contribution in [1.82, 2.24) is 9.46 Å². The predicted molar refractivity (Wildman–Crippen MR) is 267 cm³/mol. The molecule has 2 heterocycles. The van der Waals surface area contributed by atoms with E-state index in [-0.39, 0.29) is 10.8 Å². The molecular formula is C58H57BF2N2. The van der Waals surface area contributed by atoms with Gasteiger partial charge in [0.25, 0.3) is 0 Å². The molecule has 0 bridgehead atoms. The summed E-state index contributed by atoms with van der Waals surface area (Å²) in [5.74, 6) is 0. The van der Waals surface area contributed by atoms with E-state index in [1.165, 1.54) is 48.8 Å². The highest BCUT2D eigenvalue weighted by molar-refractivity contribution is 6.48. The predicted octanol–water partition coefficient (Wildman–Crippen LogP) is 16.0. The Bertz CT molecular complexity index is 3480. The number of benzene rings is 5. The van der Waals surface area contributed by atoms with Crippen LogP contribution in [0.4, 0.5) is 8.63 Å². The molecule has 0 saturated carbocycles. The van der Waals surface area contributed by atoms with Crippen LogP contribution in [0.15, 0.2) is 72.8 Å². The number of nitrogens with zero attached hydrogens (tertiary/aromatic N) is 2. The first-order valence-electron chi connectivity index (χ1n) is 23.2. The summed E-state index contributed by atoms with van der Waals surface area (Å²) in [6.07, 6.45) is 5.26. The van der Waals surface area contributed by atoms with Gasteiger partial charge >= 0.3 is 7.40 Å². The third kappa shape index (κ3) is 5.90. The molecule has 0 N–H and O–H groups in total. The highest BCUT2D eigenvalue weighted by Gasteiger charge is 2.35. The van der Waals surface area contributed by atoms with Gasteiger partial charge in [-0.25, -0.2) is 4.98 Å². The topological polar surface area (TPSA) is 17.8 Å². The fraction of sp³-hybridized carbons (Fsp3) is 0.328. The maximum Gasteiger partial charge on any atom is 0.678 e. The molecule has 63 heavy (non-hydrogen) atoms. The van der Waals surface area contributed by atoms with E-state index in [0.717, 1.165) is 125 Å².